The number of allylic oxidation sites excluding steroid dienone is 1. The van der Waals surface area contributed by atoms with Crippen molar-refractivity contribution in [2.45, 2.75) is 18.9 Å². The highest BCUT2D eigenvalue weighted by Crippen LogP contribution is 2.30. The maximum absolute atomic E-state index is 11.9. The van der Waals surface area contributed by atoms with Crippen molar-refractivity contribution in [3.05, 3.63) is 41.9 Å². The molecule has 1 fully saturated rings. The minimum Gasteiger partial charge on any atom is -0.465 e. The lowest BCUT2D eigenvalue weighted by molar-refractivity contribution is -0.589. The highest BCUT2D eigenvalue weighted by atomic mass is 16.5. The third-order valence-electron chi connectivity index (χ3n) is 4.69. The zero-order valence-electron chi connectivity index (χ0n) is 14.6. The predicted molar refractivity (Wildman–Crippen MR) is 101 cm³/mol. The largest absolute Gasteiger partial charge is 0.465 e. The number of fused-ring (bicyclic) bond motifs is 3. The maximum Gasteiger partial charge on any atom is 0.337 e. The van der Waals surface area contributed by atoms with Crippen LogP contribution in [0.15, 0.2) is 35.7 Å². The van der Waals surface area contributed by atoms with Crippen LogP contribution in [0.5, 0.6) is 0 Å². The van der Waals surface area contributed by atoms with E-state index in [1.165, 1.54) is 7.11 Å². The molecular weight excluding hydrogens is 344 g/mol. The van der Waals surface area contributed by atoms with Crippen LogP contribution in [0.4, 0.5) is 5.95 Å². The van der Waals surface area contributed by atoms with Crippen LogP contribution in [0.2, 0.25) is 0 Å². The van der Waals surface area contributed by atoms with Gasteiger partial charge in [0.2, 0.25) is 5.95 Å². The Balaban J connectivity index is 1.76. The Kier molecular flexibility index (Phi) is 3.58. The number of ether oxygens (including phenoxy) is 1. The monoisotopic (exact) mass is 361 g/mol. The lowest BCUT2D eigenvalue weighted by Gasteiger charge is -2.10. The summed E-state index contributed by atoms with van der Waals surface area (Å²) in [5, 5.41) is 9.26. The van der Waals surface area contributed by atoms with E-state index in [0.29, 0.717) is 23.1 Å². The lowest BCUT2D eigenvalue weighted by Crippen LogP contribution is -2.69. The number of carbonyl (C=O) groups is 1. The Bertz CT molecular complexity index is 1150. The molecule has 1 aliphatic heterocycles. The van der Waals surface area contributed by atoms with E-state index in [2.05, 4.69) is 15.4 Å². The van der Waals surface area contributed by atoms with E-state index in [4.69, 9.17) is 14.7 Å². The van der Waals surface area contributed by atoms with Crippen LogP contribution in [-0.4, -0.2) is 40.3 Å². The molecule has 5 rings (SSSR count). The second-order valence-electron chi connectivity index (χ2n) is 6.61. The number of carbonyl (C=O) groups excluding carboxylic acids is 1. The number of esters is 1. The Morgan fingerprint density at radius 3 is 2.89 bits per heavy atom. The summed E-state index contributed by atoms with van der Waals surface area (Å²) in [5.41, 5.74) is 5.23. The van der Waals surface area contributed by atoms with Gasteiger partial charge in [0.25, 0.3) is 0 Å². The first-order chi connectivity index (χ1) is 13.2. The molecule has 1 aromatic carbocycles. The van der Waals surface area contributed by atoms with Gasteiger partial charge in [-0.25, -0.2) is 19.7 Å². The van der Waals surface area contributed by atoms with E-state index < -0.39 is 5.97 Å². The Labute approximate surface area is 154 Å². The third-order valence-corrected chi connectivity index (χ3v) is 4.69. The molecule has 8 nitrogen and oxygen atoms in total. The summed E-state index contributed by atoms with van der Waals surface area (Å²) in [7, 11) is 1.36. The molecular formula is C19H17N6O2+. The van der Waals surface area contributed by atoms with Crippen molar-refractivity contribution in [2.75, 3.05) is 12.4 Å². The Morgan fingerprint density at radius 2 is 2.15 bits per heavy atom. The minimum atomic E-state index is -0.393. The SMILES string of the molecule is COC(=O)c1ccc2c(c1)nc(C1=C[NH2+]N=C1)c1nc(NC3CC3)ncc12. The summed E-state index contributed by atoms with van der Waals surface area (Å²) < 4.78 is 4.82. The molecule has 3 aromatic rings. The Hall–Kier alpha value is -3.39. The fraction of sp³-hybridized carbons (Fsp3) is 0.211. The van der Waals surface area contributed by atoms with Gasteiger partial charge in [0.1, 0.15) is 17.4 Å². The molecule has 27 heavy (non-hydrogen) atoms. The number of hydrogen-bond donors (Lipinski definition) is 2. The zero-order chi connectivity index (χ0) is 18.4. The van der Waals surface area contributed by atoms with Crippen LogP contribution in [0.3, 0.4) is 0 Å². The fourth-order valence-corrected chi connectivity index (χ4v) is 3.14. The van der Waals surface area contributed by atoms with E-state index in [1.54, 1.807) is 23.8 Å². The van der Waals surface area contributed by atoms with Crippen molar-refractivity contribution in [1.82, 2.24) is 15.0 Å². The molecule has 0 atom stereocenters. The molecule has 1 aliphatic carbocycles. The number of anilines is 1. The van der Waals surface area contributed by atoms with E-state index >= 15 is 0 Å². The molecule has 1 saturated carbocycles. The van der Waals surface area contributed by atoms with Gasteiger partial charge < -0.3 is 10.1 Å². The second-order valence-corrected chi connectivity index (χ2v) is 6.61. The summed E-state index contributed by atoms with van der Waals surface area (Å²) in [4.78, 5) is 25.9. The molecule has 3 N–H and O–H groups in total. The normalized spacial score (nSPS) is 16.0. The number of benzene rings is 1. The van der Waals surface area contributed by atoms with Crippen molar-refractivity contribution in [2.24, 2.45) is 5.10 Å². The number of rotatable bonds is 4. The van der Waals surface area contributed by atoms with E-state index in [0.717, 1.165) is 40.4 Å². The molecule has 0 bridgehead atoms. The van der Waals surface area contributed by atoms with E-state index in [9.17, 15) is 4.79 Å². The molecule has 0 unspecified atom stereocenters. The summed E-state index contributed by atoms with van der Waals surface area (Å²) in [6.45, 7) is 0. The van der Waals surface area contributed by atoms with Crippen LogP contribution in [0.25, 0.3) is 27.4 Å². The number of quaternary nitrogens is 1. The smallest absolute Gasteiger partial charge is 0.337 e. The van der Waals surface area contributed by atoms with Crippen molar-refractivity contribution in [1.29, 1.82) is 0 Å². The molecule has 134 valence electrons. The fourth-order valence-electron chi connectivity index (χ4n) is 3.14. The quantitative estimate of drug-likeness (QED) is 0.414. The topological polar surface area (TPSA) is 106 Å². The van der Waals surface area contributed by atoms with Gasteiger partial charge >= 0.3 is 5.97 Å². The van der Waals surface area contributed by atoms with Gasteiger partial charge in [-0.15, -0.1) is 0 Å². The van der Waals surface area contributed by atoms with Crippen LogP contribution in [0.1, 0.15) is 28.9 Å². The number of nitrogens with zero attached hydrogens (tertiary/aromatic N) is 4. The lowest BCUT2D eigenvalue weighted by atomic mass is 10.0. The summed E-state index contributed by atoms with van der Waals surface area (Å²) in [6, 6.07) is 5.79. The molecule has 3 heterocycles. The molecule has 0 saturated heterocycles. The van der Waals surface area contributed by atoms with Crippen molar-refractivity contribution >= 4 is 45.5 Å². The zero-order valence-corrected chi connectivity index (χ0v) is 14.6. The van der Waals surface area contributed by atoms with Crippen LogP contribution in [-0.2, 0) is 4.74 Å². The number of pyridine rings is 1. The number of methoxy groups -OCH3 is 1. The molecule has 0 amide bonds. The predicted octanol–water partition coefficient (Wildman–Crippen LogP) is 1.44. The van der Waals surface area contributed by atoms with Crippen molar-refractivity contribution < 1.29 is 15.0 Å². The van der Waals surface area contributed by atoms with E-state index in [-0.39, 0.29) is 0 Å². The average molecular weight is 361 g/mol. The maximum atomic E-state index is 11.9. The van der Waals surface area contributed by atoms with Crippen molar-refractivity contribution in [3.63, 3.8) is 0 Å². The van der Waals surface area contributed by atoms with Gasteiger partial charge in [-0.2, -0.15) is 5.43 Å². The number of nitrogens with one attached hydrogen (secondary N) is 1. The van der Waals surface area contributed by atoms with Gasteiger partial charge in [-0.1, -0.05) is 11.2 Å². The molecule has 0 spiro atoms. The van der Waals surface area contributed by atoms with Gasteiger partial charge in [-0.05, 0) is 25.0 Å². The molecule has 2 aliphatic rings. The molecule has 2 aromatic heterocycles. The molecule has 8 heteroatoms. The minimum absolute atomic E-state index is 0.393. The first-order valence-electron chi connectivity index (χ1n) is 8.75. The number of nitrogens with two attached hydrogens (primary N) is 1. The highest BCUT2D eigenvalue weighted by molar-refractivity contribution is 6.17. The van der Waals surface area contributed by atoms with E-state index in [1.807, 2.05) is 18.5 Å². The van der Waals surface area contributed by atoms with Gasteiger partial charge in [0.05, 0.1) is 30.0 Å². The highest BCUT2D eigenvalue weighted by Gasteiger charge is 2.23. The van der Waals surface area contributed by atoms with Crippen LogP contribution in [0, 0.1) is 0 Å². The summed E-state index contributed by atoms with van der Waals surface area (Å²) >= 11 is 0. The van der Waals surface area contributed by atoms with Crippen molar-refractivity contribution in [3.8, 4) is 0 Å². The van der Waals surface area contributed by atoms with Gasteiger partial charge in [0, 0.05) is 23.0 Å². The summed E-state index contributed by atoms with van der Waals surface area (Å²) in [6.07, 6.45) is 7.76. The standard InChI is InChI=1S/C19H16N6O2/c1-27-18(26)10-2-5-13-14-9-20-19(23-12-3-4-12)25-17(14)16(24-15(13)6-10)11-7-21-22-8-11/h2,5-9,12H,3-4H2,1H3,(H,21,22)(H,20,23,25)/p+1. The third kappa shape index (κ3) is 2.80. The first-order valence-corrected chi connectivity index (χ1v) is 8.75. The Morgan fingerprint density at radius 1 is 1.26 bits per heavy atom. The number of hydrogen-bond acceptors (Lipinski definition) is 7. The van der Waals surface area contributed by atoms with Crippen LogP contribution < -0.4 is 10.7 Å². The number of aromatic nitrogens is 3. The van der Waals surface area contributed by atoms with Gasteiger partial charge in [0.15, 0.2) is 0 Å². The van der Waals surface area contributed by atoms with Crippen LogP contribution >= 0.6 is 0 Å². The van der Waals surface area contributed by atoms with Gasteiger partial charge in [-0.3, -0.25) is 0 Å². The molecule has 0 radical (unpaired) electrons. The first kappa shape index (κ1) is 15.8. The summed E-state index contributed by atoms with van der Waals surface area (Å²) in [5.74, 6) is 0.216. The second kappa shape index (κ2) is 6.10. The average Bonchev–Trinajstić information content (AvgIpc) is 3.35.